The average Bonchev–Trinajstić information content (AvgIpc) is 3.49. The Hall–Kier alpha value is -2.87. The summed E-state index contributed by atoms with van der Waals surface area (Å²) < 4.78 is 20.7. The molecule has 37 heavy (non-hydrogen) atoms. The summed E-state index contributed by atoms with van der Waals surface area (Å²) in [4.78, 5) is 37.2. The van der Waals surface area contributed by atoms with Gasteiger partial charge in [-0.2, -0.15) is 0 Å². The van der Waals surface area contributed by atoms with Crippen LogP contribution in [0.4, 0.5) is 20.6 Å². The highest BCUT2D eigenvalue weighted by atomic mass is 32.2. The van der Waals surface area contributed by atoms with E-state index < -0.39 is 23.9 Å². The average molecular weight is 535 g/mol. The molecule has 1 aliphatic carbocycles. The van der Waals surface area contributed by atoms with Crippen LogP contribution in [0.2, 0.25) is 0 Å². The van der Waals surface area contributed by atoms with Crippen molar-refractivity contribution in [2.24, 2.45) is 4.99 Å². The first kappa shape index (κ1) is 25.8. The molecular formula is C24H31FN6O5S. The van der Waals surface area contributed by atoms with Crippen LogP contribution in [-0.2, 0) is 14.4 Å². The molecule has 1 unspecified atom stereocenters. The summed E-state index contributed by atoms with van der Waals surface area (Å²) >= 11 is 1.43. The molecule has 11 nitrogen and oxygen atoms in total. The molecule has 3 aliphatic heterocycles. The topological polar surface area (TPSA) is 119 Å². The van der Waals surface area contributed by atoms with Crippen molar-refractivity contribution < 1.29 is 28.7 Å². The Kier molecular flexibility index (Phi) is 7.30. The number of hydrogen-bond acceptors (Lipinski definition) is 10. The van der Waals surface area contributed by atoms with E-state index in [1.807, 2.05) is 10.3 Å². The van der Waals surface area contributed by atoms with Gasteiger partial charge in [0.25, 0.3) is 0 Å². The lowest BCUT2D eigenvalue weighted by molar-refractivity contribution is -0.234. The van der Waals surface area contributed by atoms with Gasteiger partial charge < -0.3 is 25.4 Å². The zero-order valence-corrected chi connectivity index (χ0v) is 21.6. The normalized spacial score (nSPS) is 26.8. The lowest BCUT2D eigenvalue weighted by Gasteiger charge is -2.27. The SMILES string of the molecule is CCC1=CSC(NC(O)N2CCN(c3ccc(N4C[C@]5(C[C@@H]5NC(C)=O)OC4=O)cc3F)CCO2)=NC1. The summed E-state index contributed by atoms with van der Waals surface area (Å²) in [5, 5.41) is 20.4. The van der Waals surface area contributed by atoms with Crippen molar-refractivity contribution in [2.75, 3.05) is 49.1 Å². The molecule has 0 aromatic heterocycles. The highest BCUT2D eigenvalue weighted by Crippen LogP contribution is 2.46. The van der Waals surface area contributed by atoms with Crippen molar-refractivity contribution in [1.82, 2.24) is 15.7 Å². The highest BCUT2D eigenvalue weighted by molar-refractivity contribution is 8.16. The van der Waals surface area contributed by atoms with Gasteiger partial charge in [-0.1, -0.05) is 18.7 Å². The van der Waals surface area contributed by atoms with E-state index >= 15 is 4.39 Å². The Bertz CT molecular complexity index is 1130. The minimum Gasteiger partial charge on any atom is -0.438 e. The van der Waals surface area contributed by atoms with E-state index in [1.165, 1.54) is 40.3 Å². The number of nitrogens with zero attached hydrogens (tertiary/aromatic N) is 4. The van der Waals surface area contributed by atoms with Crippen LogP contribution in [-0.4, -0.2) is 84.7 Å². The Labute approximate surface area is 218 Å². The van der Waals surface area contributed by atoms with Crippen LogP contribution < -0.4 is 20.4 Å². The van der Waals surface area contributed by atoms with E-state index in [1.54, 1.807) is 12.1 Å². The second-order valence-electron chi connectivity index (χ2n) is 9.46. The number of anilines is 2. The van der Waals surface area contributed by atoms with Crippen LogP contribution >= 0.6 is 11.8 Å². The maximum atomic E-state index is 15.2. The van der Waals surface area contributed by atoms with Crippen LogP contribution in [0, 0.1) is 5.82 Å². The fourth-order valence-corrected chi connectivity index (χ4v) is 5.49. The monoisotopic (exact) mass is 534 g/mol. The van der Waals surface area contributed by atoms with Gasteiger partial charge in [0.2, 0.25) is 12.3 Å². The third-order valence-corrected chi connectivity index (χ3v) is 7.79. The molecule has 1 aromatic carbocycles. The van der Waals surface area contributed by atoms with E-state index in [0.717, 1.165) is 6.42 Å². The molecule has 3 atom stereocenters. The lowest BCUT2D eigenvalue weighted by atomic mass is 10.2. The van der Waals surface area contributed by atoms with E-state index in [2.05, 4.69) is 22.5 Å². The second kappa shape index (κ2) is 10.5. The Morgan fingerprint density at radius 2 is 2.22 bits per heavy atom. The van der Waals surface area contributed by atoms with Gasteiger partial charge in [-0.25, -0.2) is 9.18 Å². The summed E-state index contributed by atoms with van der Waals surface area (Å²) in [6.45, 7) is 5.78. The molecule has 3 N–H and O–H groups in total. The smallest absolute Gasteiger partial charge is 0.415 e. The predicted molar refractivity (Wildman–Crippen MR) is 137 cm³/mol. The van der Waals surface area contributed by atoms with Crippen LogP contribution in [0.5, 0.6) is 0 Å². The third-order valence-electron chi connectivity index (χ3n) is 6.87. The number of aliphatic hydroxyl groups is 1. The van der Waals surface area contributed by atoms with Gasteiger partial charge in [0, 0.05) is 33.0 Å². The number of hydroxylamine groups is 2. The molecule has 200 valence electrons. The van der Waals surface area contributed by atoms with Crippen molar-refractivity contribution in [1.29, 1.82) is 0 Å². The van der Waals surface area contributed by atoms with E-state index in [-0.39, 0.29) is 25.1 Å². The quantitative estimate of drug-likeness (QED) is 0.469. The molecule has 3 heterocycles. The summed E-state index contributed by atoms with van der Waals surface area (Å²) in [5.41, 5.74) is 1.28. The van der Waals surface area contributed by atoms with Gasteiger partial charge in [-0.05, 0) is 35.6 Å². The van der Waals surface area contributed by atoms with Crippen molar-refractivity contribution in [3.63, 3.8) is 0 Å². The van der Waals surface area contributed by atoms with E-state index in [0.29, 0.717) is 49.1 Å². The zero-order valence-electron chi connectivity index (χ0n) is 20.8. The fourth-order valence-electron chi connectivity index (χ4n) is 4.65. The number of aliphatic imine (C=N–C) groups is 1. The first-order valence-corrected chi connectivity index (χ1v) is 13.2. The van der Waals surface area contributed by atoms with Crippen molar-refractivity contribution >= 4 is 40.3 Å². The number of thioether (sulfide) groups is 1. The number of nitrogens with one attached hydrogen (secondary N) is 2. The summed E-state index contributed by atoms with van der Waals surface area (Å²) in [6.07, 6.45) is -0.158. The molecule has 5 rings (SSSR count). The van der Waals surface area contributed by atoms with Crippen molar-refractivity contribution in [2.45, 2.75) is 44.7 Å². The zero-order chi connectivity index (χ0) is 26.2. The van der Waals surface area contributed by atoms with Gasteiger partial charge in [0.1, 0.15) is 5.82 Å². The molecule has 1 spiro atoms. The lowest BCUT2D eigenvalue weighted by Crippen LogP contribution is -2.48. The number of carbonyl (C=O) groups is 2. The van der Waals surface area contributed by atoms with Gasteiger partial charge in [-0.3, -0.25) is 19.5 Å². The molecule has 0 bridgehead atoms. The molecule has 4 aliphatic rings. The molecule has 1 saturated carbocycles. The Morgan fingerprint density at radius 1 is 1.38 bits per heavy atom. The standard InChI is InChI=1S/C24H31FN6O5S/c1-3-16-12-26-21(37-13-16)28-22(33)31-7-6-29(8-9-35-31)19-5-4-17(10-18(19)25)30-14-24(36-23(30)34)11-20(24)27-15(2)32/h4-5,10,13,20,22,33H,3,6-9,11-12,14H2,1-2H3,(H,26,28)(H,27,32)/t20-,22?,24-/m0/s1. The highest BCUT2D eigenvalue weighted by Gasteiger charge is 2.64. The largest absolute Gasteiger partial charge is 0.438 e. The second-order valence-corrected chi connectivity index (χ2v) is 10.3. The molecular weight excluding hydrogens is 503 g/mol. The fraction of sp³-hybridized carbons (Fsp3) is 0.542. The number of benzene rings is 1. The van der Waals surface area contributed by atoms with Crippen LogP contribution in [0.1, 0.15) is 26.7 Å². The van der Waals surface area contributed by atoms with Crippen LogP contribution in [0.15, 0.2) is 34.2 Å². The Morgan fingerprint density at radius 3 is 2.92 bits per heavy atom. The molecule has 3 fully saturated rings. The van der Waals surface area contributed by atoms with Crippen LogP contribution in [0.3, 0.4) is 0 Å². The summed E-state index contributed by atoms with van der Waals surface area (Å²) in [7, 11) is 0. The van der Waals surface area contributed by atoms with E-state index in [4.69, 9.17) is 9.57 Å². The third kappa shape index (κ3) is 5.54. The number of aliphatic hydroxyl groups excluding tert-OH is 1. The number of hydrogen-bond donors (Lipinski definition) is 3. The maximum absolute atomic E-state index is 15.2. The minimum absolute atomic E-state index is 0.181. The molecule has 2 amide bonds. The van der Waals surface area contributed by atoms with Gasteiger partial charge in [0.15, 0.2) is 10.8 Å². The van der Waals surface area contributed by atoms with Gasteiger partial charge in [-0.15, -0.1) is 5.06 Å². The molecule has 2 saturated heterocycles. The van der Waals surface area contributed by atoms with Gasteiger partial charge in [0.05, 0.1) is 37.1 Å². The van der Waals surface area contributed by atoms with Crippen LogP contribution in [0.25, 0.3) is 0 Å². The molecule has 1 aromatic rings. The van der Waals surface area contributed by atoms with Crippen molar-refractivity contribution in [3.8, 4) is 0 Å². The van der Waals surface area contributed by atoms with Crippen molar-refractivity contribution in [3.05, 3.63) is 35.0 Å². The predicted octanol–water partition coefficient (Wildman–Crippen LogP) is 1.75. The Balaban J connectivity index is 1.18. The minimum atomic E-state index is -1.09. The number of rotatable bonds is 6. The maximum Gasteiger partial charge on any atom is 0.415 e. The number of ether oxygens (including phenoxy) is 1. The number of halogens is 1. The first-order valence-electron chi connectivity index (χ1n) is 12.3. The van der Waals surface area contributed by atoms with E-state index in [9.17, 15) is 14.7 Å². The molecule has 0 radical (unpaired) electrons. The number of amidine groups is 1. The molecule has 13 heteroatoms. The number of carbonyl (C=O) groups excluding carboxylic acids is 2. The van der Waals surface area contributed by atoms with Gasteiger partial charge >= 0.3 is 6.09 Å². The first-order chi connectivity index (χ1) is 17.8. The summed E-state index contributed by atoms with van der Waals surface area (Å²) in [6, 6.07) is 4.42. The number of amides is 2. The summed E-state index contributed by atoms with van der Waals surface area (Å²) in [5.74, 6) is -0.654.